The zero-order chi connectivity index (χ0) is 8.72. The molecule has 1 aromatic rings. The number of phenols is 1. The average Bonchev–Trinajstić information content (AvgIpc) is 2.33. The fraction of sp³-hybridized carbons (Fsp3) is 0.222. The molecular formula is C9H7ClO2. The summed E-state index contributed by atoms with van der Waals surface area (Å²) in [5.41, 5.74) is 1.32. The Hall–Kier alpha value is -1.02. The lowest BCUT2D eigenvalue weighted by Crippen LogP contribution is -1.90. The summed E-state index contributed by atoms with van der Waals surface area (Å²) in [5.74, 6) is 0.214. The van der Waals surface area contributed by atoms with Crippen molar-refractivity contribution in [1.82, 2.24) is 0 Å². The highest BCUT2D eigenvalue weighted by Crippen LogP contribution is 2.32. The van der Waals surface area contributed by atoms with Gasteiger partial charge in [-0.25, -0.2) is 0 Å². The van der Waals surface area contributed by atoms with Crippen molar-refractivity contribution in [2.24, 2.45) is 0 Å². The first kappa shape index (κ1) is 7.62. The fourth-order valence-electron chi connectivity index (χ4n) is 1.51. The van der Waals surface area contributed by atoms with E-state index in [-0.39, 0.29) is 11.5 Å². The summed E-state index contributed by atoms with van der Waals surface area (Å²) in [4.78, 5) is 11.2. The van der Waals surface area contributed by atoms with E-state index >= 15 is 0 Å². The summed E-state index contributed by atoms with van der Waals surface area (Å²) >= 11 is 5.68. The van der Waals surface area contributed by atoms with E-state index in [9.17, 15) is 9.90 Å². The van der Waals surface area contributed by atoms with E-state index < -0.39 is 0 Å². The third-order valence-corrected chi connectivity index (χ3v) is 2.31. The first-order valence-electron chi connectivity index (χ1n) is 3.73. The van der Waals surface area contributed by atoms with Gasteiger partial charge in [0.15, 0.2) is 5.78 Å². The van der Waals surface area contributed by atoms with Crippen LogP contribution < -0.4 is 0 Å². The second-order valence-corrected chi connectivity index (χ2v) is 3.31. The quantitative estimate of drug-likeness (QED) is 0.668. The van der Waals surface area contributed by atoms with E-state index in [0.29, 0.717) is 23.4 Å². The summed E-state index contributed by atoms with van der Waals surface area (Å²) in [7, 11) is 0. The van der Waals surface area contributed by atoms with Crippen LogP contribution in [0.2, 0.25) is 5.02 Å². The van der Waals surface area contributed by atoms with Gasteiger partial charge in [-0.15, -0.1) is 0 Å². The van der Waals surface area contributed by atoms with Crippen LogP contribution in [0.15, 0.2) is 12.1 Å². The molecule has 0 atom stereocenters. The van der Waals surface area contributed by atoms with E-state index in [1.165, 1.54) is 6.07 Å². The Morgan fingerprint density at radius 2 is 2.08 bits per heavy atom. The minimum atomic E-state index is 0.0720. The number of benzene rings is 1. The van der Waals surface area contributed by atoms with Crippen LogP contribution in [0.5, 0.6) is 5.75 Å². The summed E-state index contributed by atoms with van der Waals surface area (Å²) in [5, 5.41) is 9.81. The number of ketones is 1. The summed E-state index contributed by atoms with van der Waals surface area (Å²) in [6.07, 6.45) is 1.13. The number of rotatable bonds is 0. The molecule has 1 aliphatic carbocycles. The van der Waals surface area contributed by atoms with Crippen LogP contribution in [0.3, 0.4) is 0 Å². The zero-order valence-electron chi connectivity index (χ0n) is 6.30. The maximum absolute atomic E-state index is 11.2. The van der Waals surface area contributed by atoms with Crippen molar-refractivity contribution in [2.45, 2.75) is 12.8 Å². The SMILES string of the molecule is O=C1CCc2c(O)cc(Cl)cc21. The van der Waals surface area contributed by atoms with Crippen LogP contribution in [0, 0.1) is 0 Å². The highest BCUT2D eigenvalue weighted by Gasteiger charge is 2.22. The number of halogens is 1. The molecule has 0 saturated heterocycles. The van der Waals surface area contributed by atoms with Crippen LogP contribution in [-0.4, -0.2) is 10.9 Å². The normalized spacial score (nSPS) is 14.9. The van der Waals surface area contributed by atoms with Crippen LogP contribution >= 0.6 is 11.6 Å². The summed E-state index contributed by atoms with van der Waals surface area (Å²) in [6, 6.07) is 3.09. The van der Waals surface area contributed by atoms with Gasteiger partial charge in [0, 0.05) is 22.6 Å². The third-order valence-electron chi connectivity index (χ3n) is 2.09. The van der Waals surface area contributed by atoms with E-state index in [0.717, 1.165) is 5.56 Å². The fourth-order valence-corrected chi connectivity index (χ4v) is 1.72. The second-order valence-electron chi connectivity index (χ2n) is 2.87. The van der Waals surface area contributed by atoms with Crippen LogP contribution in [0.1, 0.15) is 22.3 Å². The molecule has 1 N–H and O–H groups in total. The molecule has 0 amide bonds. The second kappa shape index (κ2) is 2.49. The molecule has 1 aromatic carbocycles. The molecule has 0 bridgehead atoms. The van der Waals surface area contributed by atoms with Crippen molar-refractivity contribution in [2.75, 3.05) is 0 Å². The number of carbonyl (C=O) groups excluding carboxylic acids is 1. The highest BCUT2D eigenvalue weighted by molar-refractivity contribution is 6.31. The number of hydrogen-bond donors (Lipinski definition) is 1. The molecule has 0 aliphatic heterocycles. The van der Waals surface area contributed by atoms with E-state index in [4.69, 9.17) is 11.6 Å². The van der Waals surface area contributed by atoms with Crippen molar-refractivity contribution >= 4 is 17.4 Å². The van der Waals surface area contributed by atoms with Crippen molar-refractivity contribution in [3.05, 3.63) is 28.3 Å². The number of carbonyl (C=O) groups is 1. The van der Waals surface area contributed by atoms with Crippen molar-refractivity contribution in [1.29, 1.82) is 0 Å². The van der Waals surface area contributed by atoms with Crippen molar-refractivity contribution in [3.63, 3.8) is 0 Å². The molecule has 3 heteroatoms. The minimum absolute atomic E-state index is 0.0720. The Morgan fingerprint density at radius 1 is 1.33 bits per heavy atom. The first-order chi connectivity index (χ1) is 5.68. The average molecular weight is 183 g/mol. The molecule has 1 aliphatic rings. The predicted octanol–water partition coefficient (Wildman–Crippen LogP) is 2.17. The van der Waals surface area contributed by atoms with Gasteiger partial charge in [0.1, 0.15) is 5.75 Å². The molecule has 0 spiro atoms. The maximum atomic E-state index is 11.2. The van der Waals surface area contributed by atoms with Gasteiger partial charge in [0.25, 0.3) is 0 Å². The monoisotopic (exact) mass is 182 g/mol. The molecular weight excluding hydrogens is 176 g/mol. The Bertz CT molecular complexity index is 358. The van der Waals surface area contributed by atoms with Gasteiger partial charge in [0.2, 0.25) is 0 Å². The number of hydrogen-bond acceptors (Lipinski definition) is 2. The van der Waals surface area contributed by atoms with E-state index in [2.05, 4.69) is 0 Å². The smallest absolute Gasteiger partial charge is 0.163 e. The Balaban J connectivity index is 2.68. The Morgan fingerprint density at radius 3 is 2.83 bits per heavy atom. The molecule has 0 fully saturated rings. The van der Waals surface area contributed by atoms with Gasteiger partial charge in [-0.2, -0.15) is 0 Å². The van der Waals surface area contributed by atoms with Crippen LogP contribution in [-0.2, 0) is 6.42 Å². The lowest BCUT2D eigenvalue weighted by Gasteiger charge is -2.01. The van der Waals surface area contributed by atoms with Gasteiger partial charge >= 0.3 is 0 Å². The van der Waals surface area contributed by atoms with E-state index in [1.807, 2.05) is 0 Å². The molecule has 0 aromatic heterocycles. The van der Waals surface area contributed by atoms with Crippen LogP contribution in [0.25, 0.3) is 0 Å². The lowest BCUT2D eigenvalue weighted by molar-refractivity contribution is 0.0994. The number of phenolic OH excluding ortho intramolecular Hbond substituents is 1. The molecule has 0 radical (unpaired) electrons. The molecule has 0 saturated carbocycles. The molecule has 0 unspecified atom stereocenters. The molecule has 2 rings (SSSR count). The Kier molecular flexibility index (Phi) is 1.58. The summed E-state index contributed by atoms with van der Waals surface area (Å²) < 4.78 is 0. The highest BCUT2D eigenvalue weighted by atomic mass is 35.5. The lowest BCUT2D eigenvalue weighted by atomic mass is 10.1. The van der Waals surface area contributed by atoms with Gasteiger partial charge in [-0.05, 0) is 18.6 Å². The zero-order valence-corrected chi connectivity index (χ0v) is 7.06. The van der Waals surface area contributed by atoms with Crippen molar-refractivity contribution in [3.8, 4) is 5.75 Å². The largest absolute Gasteiger partial charge is 0.508 e. The van der Waals surface area contributed by atoms with Crippen LogP contribution in [0.4, 0.5) is 0 Å². The Labute approximate surface area is 74.8 Å². The number of aromatic hydroxyl groups is 1. The first-order valence-corrected chi connectivity index (χ1v) is 4.11. The third kappa shape index (κ3) is 0.994. The standard InChI is InChI=1S/C9H7ClO2/c10-5-3-7-6(9(12)4-5)1-2-8(7)11/h3-4,12H,1-2H2. The van der Waals surface area contributed by atoms with Crippen molar-refractivity contribution < 1.29 is 9.90 Å². The summed E-state index contributed by atoms with van der Waals surface area (Å²) in [6.45, 7) is 0. The number of Topliss-reactive ketones (excluding diaryl/α,β-unsaturated/α-hetero) is 1. The van der Waals surface area contributed by atoms with E-state index in [1.54, 1.807) is 6.07 Å². The molecule has 12 heavy (non-hydrogen) atoms. The van der Waals surface area contributed by atoms with Gasteiger partial charge in [0.05, 0.1) is 0 Å². The topological polar surface area (TPSA) is 37.3 Å². The van der Waals surface area contributed by atoms with Gasteiger partial charge < -0.3 is 5.11 Å². The molecule has 0 heterocycles. The molecule has 62 valence electrons. The predicted molar refractivity (Wildman–Crippen MR) is 45.8 cm³/mol. The maximum Gasteiger partial charge on any atom is 0.163 e. The number of fused-ring (bicyclic) bond motifs is 1. The molecule has 2 nitrogen and oxygen atoms in total. The van der Waals surface area contributed by atoms with Gasteiger partial charge in [-0.3, -0.25) is 4.79 Å². The minimum Gasteiger partial charge on any atom is -0.508 e. The van der Waals surface area contributed by atoms with Gasteiger partial charge in [-0.1, -0.05) is 11.6 Å².